The number of carbonyl (C=O) groups excluding carboxylic acids is 1. The third kappa shape index (κ3) is 2.00. The number of aliphatic hydroxyl groups excluding tert-OH is 1. The summed E-state index contributed by atoms with van der Waals surface area (Å²) < 4.78 is 0. The molecule has 4 rings (SSSR count). The standard InChI is InChI=1S/C21H30O2/c1-4-13-12-21(3)17(7-8-18(21)23)16-6-5-14-11-15(22)9-10-20(14,2)19(13)16/h4,11,13,16-19,23H,1,5-10,12H2,2-3H3/t13?,16-,17-,18-,19-,20-,21-/m0/s1. The molecular weight excluding hydrogens is 284 g/mol. The van der Waals surface area contributed by atoms with Crippen LogP contribution in [0.4, 0.5) is 0 Å². The first-order valence-corrected chi connectivity index (χ1v) is 9.44. The van der Waals surface area contributed by atoms with Gasteiger partial charge in [0.1, 0.15) is 0 Å². The van der Waals surface area contributed by atoms with E-state index in [1.807, 2.05) is 6.08 Å². The van der Waals surface area contributed by atoms with E-state index in [1.165, 1.54) is 18.4 Å². The topological polar surface area (TPSA) is 37.3 Å². The minimum absolute atomic E-state index is 0.0715. The molecule has 4 aliphatic rings. The second kappa shape index (κ2) is 5.05. The molecule has 4 aliphatic carbocycles. The first-order chi connectivity index (χ1) is 10.9. The molecule has 1 N–H and O–H groups in total. The Morgan fingerprint density at radius 1 is 1.26 bits per heavy atom. The Morgan fingerprint density at radius 2 is 2.04 bits per heavy atom. The largest absolute Gasteiger partial charge is 0.393 e. The number of hydrogen-bond donors (Lipinski definition) is 1. The first-order valence-electron chi connectivity index (χ1n) is 9.44. The molecule has 0 aromatic carbocycles. The van der Waals surface area contributed by atoms with Crippen molar-refractivity contribution in [2.24, 2.45) is 34.5 Å². The fraction of sp³-hybridized carbons (Fsp3) is 0.762. The molecule has 126 valence electrons. The summed E-state index contributed by atoms with van der Waals surface area (Å²) >= 11 is 0. The van der Waals surface area contributed by atoms with E-state index in [1.54, 1.807) is 0 Å². The van der Waals surface area contributed by atoms with E-state index >= 15 is 0 Å². The normalized spacial score (nSPS) is 52.2. The lowest BCUT2D eigenvalue weighted by Crippen LogP contribution is -2.54. The second-order valence-corrected chi connectivity index (χ2v) is 9.09. The number of aliphatic hydroxyl groups is 1. The summed E-state index contributed by atoms with van der Waals surface area (Å²) in [6.07, 6.45) is 11.2. The highest BCUT2D eigenvalue weighted by Gasteiger charge is 2.61. The van der Waals surface area contributed by atoms with Gasteiger partial charge >= 0.3 is 0 Å². The van der Waals surface area contributed by atoms with Gasteiger partial charge in [0.15, 0.2) is 5.78 Å². The van der Waals surface area contributed by atoms with E-state index < -0.39 is 0 Å². The Labute approximate surface area is 140 Å². The molecule has 0 heterocycles. The van der Waals surface area contributed by atoms with Gasteiger partial charge in [0.2, 0.25) is 0 Å². The van der Waals surface area contributed by atoms with Crippen molar-refractivity contribution in [3.05, 3.63) is 24.3 Å². The summed E-state index contributed by atoms with van der Waals surface area (Å²) in [7, 11) is 0. The quantitative estimate of drug-likeness (QED) is 0.733. The Morgan fingerprint density at radius 3 is 2.78 bits per heavy atom. The molecule has 2 heteroatoms. The van der Waals surface area contributed by atoms with Gasteiger partial charge in [0.05, 0.1) is 6.10 Å². The van der Waals surface area contributed by atoms with Gasteiger partial charge in [0, 0.05) is 6.42 Å². The van der Waals surface area contributed by atoms with Gasteiger partial charge in [-0.2, -0.15) is 0 Å². The molecule has 3 saturated carbocycles. The van der Waals surface area contributed by atoms with Crippen molar-refractivity contribution in [3.63, 3.8) is 0 Å². The van der Waals surface area contributed by atoms with Gasteiger partial charge in [0.25, 0.3) is 0 Å². The maximum absolute atomic E-state index is 11.9. The van der Waals surface area contributed by atoms with Crippen LogP contribution in [0, 0.1) is 34.5 Å². The lowest BCUT2D eigenvalue weighted by atomic mass is 9.44. The van der Waals surface area contributed by atoms with Crippen LogP contribution in [0.2, 0.25) is 0 Å². The molecule has 0 aliphatic heterocycles. The number of hydrogen-bond acceptors (Lipinski definition) is 2. The van der Waals surface area contributed by atoms with Gasteiger partial charge in [-0.15, -0.1) is 6.58 Å². The SMILES string of the molecule is C=CC1C[C@]2(C)[C@@H](O)CC[C@H]2[C@@H]2CCC3=CC(=O)CC[C@]3(C)[C@@H]12. The summed E-state index contributed by atoms with van der Waals surface area (Å²) in [6.45, 7) is 8.89. The van der Waals surface area contributed by atoms with Crippen LogP contribution in [0.3, 0.4) is 0 Å². The summed E-state index contributed by atoms with van der Waals surface area (Å²) in [4.78, 5) is 11.9. The molecule has 0 aromatic heterocycles. The second-order valence-electron chi connectivity index (χ2n) is 9.09. The highest BCUT2D eigenvalue weighted by Crippen LogP contribution is 2.66. The summed E-state index contributed by atoms with van der Waals surface area (Å²) in [5.41, 5.74) is 1.65. The number of ketones is 1. The lowest BCUT2D eigenvalue weighted by molar-refractivity contribution is -0.119. The maximum atomic E-state index is 11.9. The van der Waals surface area contributed by atoms with E-state index in [0.29, 0.717) is 35.9 Å². The minimum atomic E-state index is -0.145. The van der Waals surface area contributed by atoms with Crippen molar-refractivity contribution in [3.8, 4) is 0 Å². The monoisotopic (exact) mass is 314 g/mol. The van der Waals surface area contributed by atoms with Crippen LogP contribution in [0.5, 0.6) is 0 Å². The number of allylic oxidation sites excluding steroid dienone is 2. The van der Waals surface area contributed by atoms with Gasteiger partial charge < -0.3 is 5.11 Å². The average Bonchev–Trinajstić information content (AvgIpc) is 2.82. The fourth-order valence-electron chi connectivity index (χ4n) is 7.03. The third-order valence-electron chi connectivity index (χ3n) is 8.22. The van der Waals surface area contributed by atoms with Gasteiger partial charge in [-0.05, 0) is 79.1 Å². The van der Waals surface area contributed by atoms with E-state index in [0.717, 1.165) is 25.7 Å². The zero-order chi connectivity index (χ0) is 16.4. The number of carbonyl (C=O) groups is 1. The molecule has 2 nitrogen and oxygen atoms in total. The predicted octanol–water partition coefficient (Wildman–Crippen LogP) is 4.29. The van der Waals surface area contributed by atoms with Crippen LogP contribution in [0.15, 0.2) is 24.3 Å². The van der Waals surface area contributed by atoms with E-state index in [2.05, 4.69) is 26.5 Å². The van der Waals surface area contributed by atoms with Gasteiger partial charge in [-0.1, -0.05) is 25.5 Å². The number of fused-ring (bicyclic) bond motifs is 5. The van der Waals surface area contributed by atoms with Crippen molar-refractivity contribution in [2.75, 3.05) is 0 Å². The molecule has 1 unspecified atom stereocenters. The highest BCUT2D eigenvalue weighted by molar-refractivity contribution is 5.91. The lowest BCUT2D eigenvalue weighted by Gasteiger charge is -2.60. The van der Waals surface area contributed by atoms with Crippen molar-refractivity contribution in [1.29, 1.82) is 0 Å². The van der Waals surface area contributed by atoms with Crippen LogP contribution >= 0.6 is 0 Å². The molecular formula is C21H30O2. The summed E-state index contributed by atoms with van der Waals surface area (Å²) in [6, 6.07) is 0. The molecule has 7 atom stereocenters. The van der Waals surface area contributed by atoms with Gasteiger partial charge in [-0.25, -0.2) is 0 Å². The highest BCUT2D eigenvalue weighted by atomic mass is 16.3. The first kappa shape index (κ1) is 15.6. The summed E-state index contributed by atoms with van der Waals surface area (Å²) in [5, 5.41) is 10.6. The molecule has 0 amide bonds. The third-order valence-corrected chi connectivity index (χ3v) is 8.22. The molecule has 3 fully saturated rings. The van der Waals surface area contributed by atoms with Crippen molar-refractivity contribution >= 4 is 5.78 Å². The molecule has 23 heavy (non-hydrogen) atoms. The van der Waals surface area contributed by atoms with Crippen LogP contribution in [0.25, 0.3) is 0 Å². The zero-order valence-electron chi connectivity index (χ0n) is 14.6. The van der Waals surface area contributed by atoms with Crippen LogP contribution in [-0.2, 0) is 4.79 Å². The Hall–Kier alpha value is -0.890. The van der Waals surface area contributed by atoms with Crippen molar-refractivity contribution in [1.82, 2.24) is 0 Å². The molecule has 0 saturated heterocycles. The fourth-order valence-corrected chi connectivity index (χ4v) is 7.03. The van der Waals surface area contributed by atoms with Crippen LogP contribution < -0.4 is 0 Å². The predicted molar refractivity (Wildman–Crippen MR) is 91.8 cm³/mol. The maximum Gasteiger partial charge on any atom is 0.155 e. The molecule has 0 aromatic rings. The number of rotatable bonds is 1. The molecule has 0 bridgehead atoms. The Balaban J connectivity index is 1.77. The molecule has 0 spiro atoms. The van der Waals surface area contributed by atoms with E-state index in [9.17, 15) is 9.90 Å². The van der Waals surface area contributed by atoms with Crippen molar-refractivity contribution in [2.45, 2.75) is 64.9 Å². The van der Waals surface area contributed by atoms with Gasteiger partial charge in [-0.3, -0.25) is 4.79 Å². The minimum Gasteiger partial charge on any atom is -0.393 e. The average molecular weight is 314 g/mol. The Bertz CT molecular complexity index is 576. The van der Waals surface area contributed by atoms with Crippen molar-refractivity contribution < 1.29 is 9.90 Å². The van der Waals surface area contributed by atoms with Crippen LogP contribution in [-0.4, -0.2) is 17.0 Å². The van der Waals surface area contributed by atoms with E-state index in [4.69, 9.17) is 0 Å². The molecule has 0 radical (unpaired) electrons. The summed E-state index contributed by atoms with van der Waals surface area (Å²) in [5.74, 6) is 2.73. The zero-order valence-corrected chi connectivity index (χ0v) is 14.6. The Kier molecular flexibility index (Phi) is 3.43. The van der Waals surface area contributed by atoms with Crippen LogP contribution in [0.1, 0.15) is 58.8 Å². The smallest absolute Gasteiger partial charge is 0.155 e. The van der Waals surface area contributed by atoms with E-state index in [-0.39, 0.29) is 16.9 Å².